The van der Waals surface area contributed by atoms with Crippen molar-refractivity contribution < 1.29 is 66.4 Å². The molecule has 0 radical (unpaired) electrons. The minimum atomic E-state index is -0.308. The summed E-state index contributed by atoms with van der Waals surface area (Å²) in [5.74, 6) is 1.78. The lowest BCUT2D eigenvalue weighted by molar-refractivity contribution is -0.137. The lowest BCUT2D eigenvalue weighted by Crippen LogP contribution is -2.33. The van der Waals surface area contributed by atoms with Crippen molar-refractivity contribution in [3.63, 3.8) is 0 Å². The van der Waals surface area contributed by atoms with Gasteiger partial charge in [0.15, 0.2) is 0 Å². The summed E-state index contributed by atoms with van der Waals surface area (Å²) in [4.78, 5) is 23.9. The number of carbonyl (C=O) groups is 2. The van der Waals surface area contributed by atoms with Gasteiger partial charge in [-0.1, -0.05) is 5.92 Å². The van der Waals surface area contributed by atoms with E-state index in [1.54, 1.807) is 0 Å². The molecule has 46 heavy (non-hydrogen) atoms. The third-order valence-corrected chi connectivity index (χ3v) is 5.64. The second kappa shape index (κ2) is 34.3. The highest BCUT2D eigenvalue weighted by Crippen LogP contribution is 2.02. The van der Waals surface area contributed by atoms with Crippen LogP contribution in [0.1, 0.15) is 0 Å². The Balaban J connectivity index is 1.62. The van der Waals surface area contributed by atoms with Crippen molar-refractivity contribution in [1.29, 1.82) is 0 Å². The van der Waals surface area contributed by atoms with Crippen molar-refractivity contribution in [3.8, 4) is 12.3 Å². The van der Waals surface area contributed by atoms with Gasteiger partial charge in [0.25, 0.3) is 11.8 Å². The second-order valence-corrected chi connectivity index (χ2v) is 9.15. The molecule has 0 saturated carbocycles. The van der Waals surface area contributed by atoms with E-state index in [9.17, 15) is 9.59 Å². The van der Waals surface area contributed by atoms with Crippen LogP contribution in [-0.4, -0.2) is 182 Å². The Labute approximate surface area is 272 Å². The fourth-order valence-corrected chi connectivity index (χ4v) is 3.36. The minimum absolute atomic E-state index is 0.238. The van der Waals surface area contributed by atoms with E-state index in [4.69, 9.17) is 63.3 Å². The summed E-state index contributed by atoms with van der Waals surface area (Å²) in [7, 11) is 0. The summed E-state index contributed by atoms with van der Waals surface area (Å²) in [6.07, 6.45) is 7.58. The monoisotopic (exact) mass is 663 g/mol. The molecule has 15 nitrogen and oxygen atoms in total. The molecule has 0 aromatic heterocycles. The normalized spacial score (nSPS) is 12.9. The summed E-state index contributed by atoms with van der Waals surface area (Å²) in [6, 6.07) is 0. The first-order valence-corrected chi connectivity index (χ1v) is 15.7. The van der Waals surface area contributed by atoms with E-state index in [1.807, 2.05) is 0 Å². The number of carbonyl (C=O) groups excluding carboxylic acids is 2. The van der Waals surface area contributed by atoms with Crippen LogP contribution in [0.25, 0.3) is 0 Å². The molecular formula is C31H53NO14. The van der Waals surface area contributed by atoms with Crippen LogP contribution < -0.4 is 0 Å². The van der Waals surface area contributed by atoms with Crippen molar-refractivity contribution in [3.05, 3.63) is 12.2 Å². The smallest absolute Gasteiger partial charge is 0.253 e. The van der Waals surface area contributed by atoms with Crippen LogP contribution in [0.5, 0.6) is 0 Å². The van der Waals surface area contributed by atoms with Gasteiger partial charge in [0, 0.05) is 12.2 Å². The van der Waals surface area contributed by atoms with Gasteiger partial charge in [-0.15, -0.1) is 6.42 Å². The van der Waals surface area contributed by atoms with Crippen LogP contribution in [0.2, 0.25) is 0 Å². The highest BCUT2D eigenvalue weighted by Gasteiger charge is 2.22. The van der Waals surface area contributed by atoms with Crippen molar-refractivity contribution >= 4 is 11.8 Å². The van der Waals surface area contributed by atoms with Gasteiger partial charge >= 0.3 is 0 Å². The van der Waals surface area contributed by atoms with Gasteiger partial charge in [0.1, 0.15) is 6.61 Å². The summed E-state index contributed by atoms with van der Waals surface area (Å²) in [5, 5.41) is 0. The van der Waals surface area contributed by atoms with Crippen LogP contribution in [0, 0.1) is 12.3 Å². The zero-order valence-corrected chi connectivity index (χ0v) is 27.1. The Morgan fingerprint density at radius 1 is 0.391 bits per heavy atom. The molecule has 1 rings (SSSR count). The number of ether oxygens (including phenoxy) is 12. The second-order valence-electron chi connectivity index (χ2n) is 9.15. The Bertz CT molecular complexity index is 761. The third kappa shape index (κ3) is 28.2. The standard InChI is InChI=1S/C31H53NO14/c1-2-6-35-8-10-37-12-14-39-16-18-41-20-22-43-24-26-45-28-29-46-27-25-44-23-21-42-19-17-40-15-13-38-11-9-36-7-5-32-30(33)3-4-31(32)34/h1,3-4H,5-29H2. The molecule has 0 aromatic carbocycles. The predicted octanol–water partition coefficient (Wildman–Crippen LogP) is -0.256. The van der Waals surface area contributed by atoms with E-state index in [2.05, 4.69) is 5.92 Å². The quantitative estimate of drug-likeness (QED) is 0.0488. The summed E-state index contributed by atoms with van der Waals surface area (Å²) in [6.45, 7) is 11.3. The molecule has 0 N–H and O–H groups in total. The first-order chi connectivity index (χ1) is 22.8. The van der Waals surface area contributed by atoms with E-state index in [-0.39, 0.29) is 25.0 Å². The lowest BCUT2D eigenvalue weighted by Gasteiger charge is -2.13. The molecule has 0 fully saturated rings. The van der Waals surface area contributed by atoms with Crippen LogP contribution in [-0.2, 0) is 66.4 Å². The molecule has 0 unspecified atom stereocenters. The van der Waals surface area contributed by atoms with Crippen molar-refractivity contribution in [2.75, 3.05) is 165 Å². The number of imide groups is 1. The first-order valence-electron chi connectivity index (χ1n) is 15.7. The Morgan fingerprint density at radius 2 is 0.609 bits per heavy atom. The zero-order chi connectivity index (χ0) is 33.0. The molecule has 1 aliphatic heterocycles. The summed E-state index contributed by atoms with van der Waals surface area (Å²) >= 11 is 0. The number of amides is 2. The van der Waals surface area contributed by atoms with Crippen LogP contribution in [0.3, 0.4) is 0 Å². The molecule has 1 heterocycles. The third-order valence-electron chi connectivity index (χ3n) is 5.64. The van der Waals surface area contributed by atoms with Crippen molar-refractivity contribution in [2.24, 2.45) is 0 Å². The SMILES string of the molecule is C#CCOCCOCCOCCOCCOCCOCCOCCOCCOCCOCCOCCOCCN1C(=O)C=CC1=O. The summed E-state index contributed by atoms with van der Waals surface area (Å²) < 4.78 is 64.7. The van der Waals surface area contributed by atoms with E-state index in [0.29, 0.717) is 152 Å². The van der Waals surface area contributed by atoms with Gasteiger partial charge in [0.05, 0.1) is 159 Å². The van der Waals surface area contributed by atoms with Crippen molar-refractivity contribution in [1.82, 2.24) is 4.90 Å². The molecule has 0 spiro atoms. The number of rotatable bonds is 37. The van der Waals surface area contributed by atoms with Gasteiger partial charge in [-0.25, -0.2) is 0 Å². The molecule has 0 bridgehead atoms. The number of nitrogens with zero attached hydrogens (tertiary/aromatic N) is 1. The molecule has 0 aliphatic carbocycles. The van der Waals surface area contributed by atoms with Gasteiger partial charge < -0.3 is 56.8 Å². The van der Waals surface area contributed by atoms with Crippen molar-refractivity contribution in [2.45, 2.75) is 0 Å². The lowest BCUT2D eigenvalue weighted by atomic mass is 10.5. The average Bonchev–Trinajstić information content (AvgIpc) is 3.38. The van der Waals surface area contributed by atoms with Crippen LogP contribution >= 0.6 is 0 Å². The van der Waals surface area contributed by atoms with Gasteiger partial charge in [0.2, 0.25) is 0 Å². The highest BCUT2D eigenvalue weighted by atomic mass is 16.6. The first kappa shape index (κ1) is 42.0. The van der Waals surface area contributed by atoms with Crippen LogP contribution in [0.4, 0.5) is 0 Å². The molecule has 266 valence electrons. The predicted molar refractivity (Wildman–Crippen MR) is 165 cm³/mol. The molecule has 2 amide bonds. The van der Waals surface area contributed by atoms with E-state index < -0.39 is 0 Å². The topological polar surface area (TPSA) is 148 Å². The molecule has 0 aromatic rings. The van der Waals surface area contributed by atoms with Gasteiger partial charge in [-0.3, -0.25) is 14.5 Å². The van der Waals surface area contributed by atoms with E-state index in [0.717, 1.165) is 4.90 Å². The number of terminal acetylenes is 1. The maximum Gasteiger partial charge on any atom is 0.253 e. The molecule has 0 atom stereocenters. The van der Waals surface area contributed by atoms with E-state index in [1.165, 1.54) is 12.2 Å². The minimum Gasteiger partial charge on any atom is -0.377 e. The molecule has 0 saturated heterocycles. The maximum absolute atomic E-state index is 11.4. The Hall–Kier alpha value is -2.04. The van der Waals surface area contributed by atoms with Crippen LogP contribution in [0.15, 0.2) is 12.2 Å². The molecular weight excluding hydrogens is 610 g/mol. The fourth-order valence-electron chi connectivity index (χ4n) is 3.36. The Morgan fingerprint density at radius 3 is 0.848 bits per heavy atom. The summed E-state index contributed by atoms with van der Waals surface area (Å²) in [5.41, 5.74) is 0. The number of hydrogen-bond donors (Lipinski definition) is 0. The van der Waals surface area contributed by atoms with Gasteiger partial charge in [-0.05, 0) is 0 Å². The maximum atomic E-state index is 11.4. The zero-order valence-electron chi connectivity index (χ0n) is 27.1. The largest absolute Gasteiger partial charge is 0.377 e. The molecule has 15 heteroatoms. The fraction of sp³-hybridized carbons (Fsp3) is 0.806. The number of hydrogen-bond acceptors (Lipinski definition) is 14. The average molecular weight is 664 g/mol. The molecule has 1 aliphatic rings. The Kier molecular flexibility index (Phi) is 31.3. The van der Waals surface area contributed by atoms with E-state index >= 15 is 0 Å². The highest BCUT2D eigenvalue weighted by molar-refractivity contribution is 6.12. The van der Waals surface area contributed by atoms with Gasteiger partial charge in [-0.2, -0.15) is 0 Å².